The van der Waals surface area contributed by atoms with Crippen LogP contribution >= 0.6 is 11.3 Å². The predicted molar refractivity (Wildman–Crippen MR) is 90.5 cm³/mol. The molecule has 0 bridgehead atoms. The number of primary sulfonamides is 1. The largest absolute Gasteiger partial charge is 0.340 e. The Morgan fingerprint density at radius 2 is 2.09 bits per heavy atom. The molecule has 0 radical (unpaired) electrons. The van der Waals surface area contributed by atoms with E-state index in [-0.39, 0.29) is 4.90 Å². The minimum atomic E-state index is -3.73. The molecule has 0 saturated heterocycles. The maximum Gasteiger partial charge on any atom is 0.238 e. The van der Waals surface area contributed by atoms with Crippen molar-refractivity contribution in [3.63, 3.8) is 0 Å². The lowest BCUT2D eigenvalue weighted by atomic mass is 10.2. The van der Waals surface area contributed by atoms with E-state index < -0.39 is 10.0 Å². The van der Waals surface area contributed by atoms with Gasteiger partial charge in [0.2, 0.25) is 10.0 Å². The summed E-state index contributed by atoms with van der Waals surface area (Å²) in [6, 6.07) is 6.42. The molecule has 1 aliphatic carbocycles. The average molecular weight is 346 g/mol. The number of sulfonamides is 1. The van der Waals surface area contributed by atoms with Crippen molar-refractivity contribution >= 4 is 43.1 Å². The lowest BCUT2D eigenvalue weighted by molar-refractivity contribution is 0.598. The van der Waals surface area contributed by atoms with Crippen LogP contribution in [0.25, 0.3) is 10.2 Å². The Hall–Kier alpha value is -2.03. The van der Waals surface area contributed by atoms with Gasteiger partial charge in [0.1, 0.15) is 17.0 Å². The van der Waals surface area contributed by atoms with Crippen molar-refractivity contribution in [3.05, 3.63) is 41.0 Å². The van der Waals surface area contributed by atoms with Crippen molar-refractivity contribution in [2.24, 2.45) is 5.14 Å². The Kier molecular flexibility index (Phi) is 3.33. The standard InChI is InChI=1S/C15H14N4O2S2/c16-23(20,21)10-4-1-3-9(7-10)19-14-13-11-5-2-6-12(11)22-15(13)18-8-17-14/h1,3-4,7-8H,2,5-6H2,(H2,16,20,21)(H,17,18,19). The fourth-order valence-corrected chi connectivity index (χ4v) is 4.70. The van der Waals surface area contributed by atoms with Crippen molar-refractivity contribution in [2.45, 2.75) is 24.2 Å². The van der Waals surface area contributed by atoms with E-state index in [0.29, 0.717) is 11.5 Å². The van der Waals surface area contributed by atoms with Gasteiger partial charge >= 0.3 is 0 Å². The van der Waals surface area contributed by atoms with Gasteiger partial charge in [-0.05, 0) is 43.0 Å². The minimum Gasteiger partial charge on any atom is -0.340 e. The fourth-order valence-electron chi connectivity index (χ4n) is 2.91. The third-order valence-corrected chi connectivity index (χ3v) is 6.04. The molecule has 4 rings (SSSR count). The van der Waals surface area contributed by atoms with Crippen molar-refractivity contribution in [1.29, 1.82) is 0 Å². The van der Waals surface area contributed by atoms with Crippen LogP contribution in [-0.4, -0.2) is 18.4 Å². The Bertz CT molecular complexity index is 1010. The zero-order valence-electron chi connectivity index (χ0n) is 12.1. The molecule has 0 saturated carbocycles. The monoisotopic (exact) mass is 346 g/mol. The van der Waals surface area contributed by atoms with Crippen LogP contribution in [0, 0.1) is 0 Å². The highest BCUT2D eigenvalue weighted by atomic mass is 32.2. The van der Waals surface area contributed by atoms with Gasteiger partial charge in [-0.3, -0.25) is 0 Å². The van der Waals surface area contributed by atoms with Crippen LogP contribution in [0.5, 0.6) is 0 Å². The van der Waals surface area contributed by atoms with Crippen LogP contribution in [0.3, 0.4) is 0 Å². The number of hydrogen-bond donors (Lipinski definition) is 2. The molecule has 8 heteroatoms. The second kappa shape index (κ2) is 5.26. The molecular weight excluding hydrogens is 332 g/mol. The maximum absolute atomic E-state index is 11.5. The number of thiophene rings is 1. The van der Waals surface area contributed by atoms with Gasteiger partial charge in [-0.15, -0.1) is 11.3 Å². The van der Waals surface area contributed by atoms with Gasteiger partial charge in [-0.1, -0.05) is 6.07 Å². The first-order valence-electron chi connectivity index (χ1n) is 7.17. The third kappa shape index (κ3) is 2.58. The number of rotatable bonds is 3. The van der Waals surface area contributed by atoms with Gasteiger partial charge in [0.05, 0.1) is 10.3 Å². The van der Waals surface area contributed by atoms with Gasteiger partial charge in [0.25, 0.3) is 0 Å². The summed E-state index contributed by atoms with van der Waals surface area (Å²) in [5, 5.41) is 9.45. The molecule has 0 aliphatic heterocycles. The molecule has 0 unspecified atom stereocenters. The van der Waals surface area contributed by atoms with Gasteiger partial charge in [-0.2, -0.15) is 0 Å². The molecule has 0 amide bonds. The van der Waals surface area contributed by atoms with E-state index in [0.717, 1.165) is 29.5 Å². The zero-order valence-corrected chi connectivity index (χ0v) is 13.7. The van der Waals surface area contributed by atoms with E-state index in [9.17, 15) is 8.42 Å². The van der Waals surface area contributed by atoms with E-state index >= 15 is 0 Å². The molecule has 1 aromatic carbocycles. The number of anilines is 2. The summed E-state index contributed by atoms with van der Waals surface area (Å²) in [6.07, 6.45) is 4.82. The van der Waals surface area contributed by atoms with E-state index in [1.54, 1.807) is 23.5 Å². The Labute approximate surface area is 137 Å². The molecule has 2 aromatic heterocycles. The van der Waals surface area contributed by atoms with E-state index in [1.165, 1.54) is 28.9 Å². The van der Waals surface area contributed by atoms with Gasteiger partial charge in [0, 0.05) is 10.6 Å². The van der Waals surface area contributed by atoms with Crippen molar-refractivity contribution in [3.8, 4) is 0 Å². The Balaban J connectivity index is 1.79. The number of nitrogens with zero attached hydrogens (tertiary/aromatic N) is 2. The third-order valence-electron chi connectivity index (χ3n) is 3.93. The molecule has 0 spiro atoms. The van der Waals surface area contributed by atoms with E-state index in [1.807, 2.05) is 0 Å². The van der Waals surface area contributed by atoms with Crippen LogP contribution in [0.1, 0.15) is 16.9 Å². The summed E-state index contributed by atoms with van der Waals surface area (Å²) < 4.78 is 23.0. The SMILES string of the molecule is NS(=O)(=O)c1cccc(Nc2ncnc3sc4c(c23)CCC4)c1. The topological polar surface area (TPSA) is 98.0 Å². The smallest absolute Gasteiger partial charge is 0.238 e. The molecule has 6 nitrogen and oxygen atoms in total. The molecule has 3 N–H and O–H groups in total. The summed E-state index contributed by atoms with van der Waals surface area (Å²) in [6.45, 7) is 0. The summed E-state index contributed by atoms with van der Waals surface area (Å²) in [7, 11) is -3.73. The average Bonchev–Trinajstić information content (AvgIpc) is 3.07. The van der Waals surface area contributed by atoms with E-state index in [4.69, 9.17) is 5.14 Å². The second-order valence-corrected chi connectivity index (χ2v) is 8.10. The number of hydrogen-bond acceptors (Lipinski definition) is 6. The molecule has 1 aliphatic rings. The van der Waals surface area contributed by atoms with E-state index in [2.05, 4.69) is 15.3 Å². The highest BCUT2D eigenvalue weighted by Gasteiger charge is 2.21. The molecule has 118 valence electrons. The first-order valence-corrected chi connectivity index (χ1v) is 9.54. The van der Waals surface area contributed by atoms with Gasteiger partial charge in [0.15, 0.2) is 0 Å². The molecule has 0 fully saturated rings. The highest BCUT2D eigenvalue weighted by molar-refractivity contribution is 7.89. The number of fused-ring (bicyclic) bond motifs is 3. The maximum atomic E-state index is 11.5. The van der Waals surface area contributed by atoms with Crippen LogP contribution in [0.2, 0.25) is 0 Å². The number of nitrogens with one attached hydrogen (secondary N) is 1. The summed E-state index contributed by atoms with van der Waals surface area (Å²) in [5.41, 5.74) is 1.95. The van der Waals surface area contributed by atoms with Crippen molar-refractivity contribution < 1.29 is 8.42 Å². The van der Waals surface area contributed by atoms with Crippen LogP contribution < -0.4 is 10.5 Å². The lowest BCUT2D eigenvalue weighted by Gasteiger charge is -2.08. The zero-order chi connectivity index (χ0) is 16.0. The quantitative estimate of drug-likeness (QED) is 0.759. The Morgan fingerprint density at radius 1 is 1.22 bits per heavy atom. The predicted octanol–water partition coefficient (Wildman–Crippen LogP) is 2.57. The number of benzene rings is 1. The van der Waals surface area contributed by atoms with Gasteiger partial charge < -0.3 is 5.32 Å². The van der Waals surface area contributed by atoms with Crippen molar-refractivity contribution in [2.75, 3.05) is 5.32 Å². The summed E-state index contributed by atoms with van der Waals surface area (Å²) >= 11 is 1.71. The second-order valence-electron chi connectivity index (χ2n) is 5.46. The summed E-state index contributed by atoms with van der Waals surface area (Å²) in [4.78, 5) is 11.1. The molecule has 0 atom stereocenters. The first-order chi connectivity index (χ1) is 11.0. The highest BCUT2D eigenvalue weighted by Crippen LogP contribution is 2.39. The Morgan fingerprint density at radius 3 is 2.91 bits per heavy atom. The number of aromatic nitrogens is 2. The van der Waals surface area contributed by atoms with Gasteiger partial charge in [-0.25, -0.2) is 23.5 Å². The normalized spacial score (nSPS) is 14.1. The molecule has 23 heavy (non-hydrogen) atoms. The molecular formula is C15H14N4O2S2. The first kappa shape index (κ1) is 14.6. The molecule has 3 aromatic rings. The summed E-state index contributed by atoms with van der Waals surface area (Å²) in [5.74, 6) is 0.709. The number of aryl methyl sites for hydroxylation is 2. The van der Waals surface area contributed by atoms with Crippen LogP contribution in [-0.2, 0) is 22.9 Å². The van der Waals surface area contributed by atoms with Crippen LogP contribution in [0.15, 0.2) is 35.5 Å². The molecule has 2 heterocycles. The minimum absolute atomic E-state index is 0.0725. The lowest BCUT2D eigenvalue weighted by Crippen LogP contribution is -2.12. The van der Waals surface area contributed by atoms with Crippen molar-refractivity contribution in [1.82, 2.24) is 9.97 Å². The van der Waals surface area contributed by atoms with Crippen LogP contribution in [0.4, 0.5) is 11.5 Å². The fraction of sp³-hybridized carbons (Fsp3) is 0.200. The number of nitrogens with two attached hydrogens (primary N) is 1.